The van der Waals surface area contributed by atoms with Crippen LogP contribution >= 0.6 is 0 Å². The number of carbonyl (C=O) groups is 1. The molecule has 1 aromatic carbocycles. The summed E-state index contributed by atoms with van der Waals surface area (Å²) in [5.41, 5.74) is 0.981. The van der Waals surface area contributed by atoms with E-state index in [2.05, 4.69) is 0 Å². The molecule has 1 aromatic rings. The molecule has 3 heteroatoms. The Hall–Kier alpha value is -1.61. The molecule has 0 aromatic heterocycles. The third-order valence-corrected chi connectivity index (χ3v) is 2.52. The number of ether oxygens (including phenoxy) is 2. The SMILES string of the molecule is CCC(/C=C/C(=O)OCc1ccccc1)OC(C)C. The summed E-state index contributed by atoms with van der Waals surface area (Å²) in [6.45, 7) is 6.27. The molecule has 0 aliphatic heterocycles. The summed E-state index contributed by atoms with van der Waals surface area (Å²) in [7, 11) is 0. The predicted molar refractivity (Wildman–Crippen MR) is 75.7 cm³/mol. The average molecular weight is 262 g/mol. The average Bonchev–Trinajstić information content (AvgIpc) is 2.42. The minimum absolute atomic E-state index is 0.0377. The lowest BCUT2D eigenvalue weighted by molar-refractivity contribution is -0.139. The smallest absolute Gasteiger partial charge is 0.330 e. The van der Waals surface area contributed by atoms with Gasteiger partial charge in [0.15, 0.2) is 0 Å². The third kappa shape index (κ3) is 6.77. The van der Waals surface area contributed by atoms with Crippen LogP contribution in [0.3, 0.4) is 0 Å². The normalized spacial score (nSPS) is 12.8. The van der Waals surface area contributed by atoms with Crippen LogP contribution in [0.2, 0.25) is 0 Å². The Balaban J connectivity index is 2.37. The lowest BCUT2D eigenvalue weighted by Crippen LogP contribution is -2.15. The highest BCUT2D eigenvalue weighted by atomic mass is 16.5. The van der Waals surface area contributed by atoms with Crippen molar-refractivity contribution < 1.29 is 14.3 Å². The standard InChI is InChI=1S/C16H22O3/c1-4-15(19-13(2)3)10-11-16(17)18-12-14-8-6-5-7-9-14/h5-11,13,15H,4,12H2,1-3H3/b11-10+. The summed E-state index contributed by atoms with van der Waals surface area (Å²) < 4.78 is 10.8. The molecular weight excluding hydrogens is 240 g/mol. The van der Waals surface area contributed by atoms with Gasteiger partial charge in [0.1, 0.15) is 6.61 Å². The first-order valence-corrected chi connectivity index (χ1v) is 6.66. The summed E-state index contributed by atoms with van der Waals surface area (Å²) >= 11 is 0. The molecule has 3 nitrogen and oxygen atoms in total. The summed E-state index contributed by atoms with van der Waals surface area (Å²) in [6, 6.07) is 9.62. The Morgan fingerprint density at radius 1 is 1.26 bits per heavy atom. The van der Waals surface area contributed by atoms with Gasteiger partial charge in [0.05, 0.1) is 12.2 Å². The second kappa shape index (κ2) is 8.48. The van der Waals surface area contributed by atoms with E-state index in [9.17, 15) is 4.79 Å². The maximum absolute atomic E-state index is 11.6. The van der Waals surface area contributed by atoms with Crippen LogP contribution in [0.5, 0.6) is 0 Å². The van der Waals surface area contributed by atoms with Crippen LogP contribution in [-0.4, -0.2) is 18.2 Å². The lowest BCUT2D eigenvalue weighted by Gasteiger charge is -2.14. The number of rotatable bonds is 7. The van der Waals surface area contributed by atoms with Crippen molar-refractivity contribution in [2.45, 2.75) is 46.0 Å². The Kier molecular flexibility index (Phi) is 6.90. The van der Waals surface area contributed by atoms with E-state index in [-0.39, 0.29) is 18.2 Å². The van der Waals surface area contributed by atoms with Gasteiger partial charge in [0.2, 0.25) is 0 Å². The fraction of sp³-hybridized carbons (Fsp3) is 0.438. The monoisotopic (exact) mass is 262 g/mol. The van der Waals surface area contributed by atoms with E-state index < -0.39 is 0 Å². The summed E-state index contributed by atoms with van der Waals surface area (Å²) in [5, 5.41) is 0. The molecule has 0 aliphatic rings. The van der Waals surface area contributed by atoms with Gasteiger partial charge in [-0.15, -0.1) is 0 Å². The summed E-state index contributed by atoms with van der Waals surface area (Å²) in [5.74, 6) is -0.338. The van der Waals surface area contributed by atoms with E-state index in [1.807, 2.05) is 51.1 Å². The molecule has 0 aliphatic carbocycles. The van der Waals surface area contributed by atoms with Crippen molar-refractivity contribution in [3.63, 3.8) is 0 Å². The van der Waals surface area contributed by atoms with E-state index >= 15 is 0 Å². The van der Waals surface area contributed by atoms with Crippen molar-refractivity contribution >= 4 is 5.97 Å². The van der Waals surface area contributed by atoms with Crippen molar-refractivity contribution in [1.82, 2.24) is 0 Å². The van der Waals surface area contributed by atoms with E-state index in [1.54, 1.807) is 6.08 Å². The van der Waals surface area contributed by atoms with Gasteiger partial charge in [0.25, 0.3) is 0 Å². The Morgan fingerprint density at radius 2 is 1.95 bits per heavy atom. The third-order valence-electron chi connectivity index (χ3n) is 2.52. The van der Waals surface area contributed by atoms with Gasteiger partial charge in [-0.3, -0.25) is 0 Å². The fourth-order valence-corrected chi connectivity index (χ4v) is 1.59. The quantitative estimate of drug-likeness (QED) is 0.557. The minimum atomic E-state index is -0.338. The van der Waals surface area contributed by atoms with Crippen molar-refractivity contribution in [3.05, 3.63) is 48.0 Å². The molecule has 1 rings (SSSR count). The maximum atomic E-state index is 11.6. The molecule has 0 saturated carbocycles. The van der Waals surface area contributed by atoms with Gasteiger partial charge in [-0.05, 0) is 31.9 Å². The lowest BCUT2D eigenvalue weighted by atomic mass is 10.2. The second-order valence-electron chi connectivity index (χ2n) is 4.58. The van der Waals surface area contributed by atoms with Gasteiger partial charge in [0, 0.05) is 6.08 Å². The molecule has 104 valence electrons. The molecule has 1 unspecified atom stereocenters. The van der Waals surface area contributed by atoms with Crippen LogP contribution in [0.4, 0.5) is 0 Å². The highest BCUT2D eigenvalue weighted by Crippen LogP contribution is 2.05. The number of carbonyl (C=O) groups excluding carboxylic acids is 1. The number of benzene rings is 1. The summed E-state index contributed by atoms with van der Waals surface area (Å²) in [4.78, 5) is 11.6. The first-order chi connectivity index (χ1) is 9.11. The minimum Gasteiger partial charge on any atom is -0.458 e. The molecule has 0 bridgehead atoms. The molecule has 0 saturated heterocycles. The highest BCUT2D eigenvalue weighted by Gasteiger charge is 2.06. The second-order valence-corrected chi connectivity index (χ2v) is 4.58. The van der Waals surface area contributed by atoms with Crippen LogP contribution < -0.4 is 0 Å². The maximum Gasteiger partial charge on any atom is 0.330 e. The van der Waals surface area contributed by atoms with Crippen molar-refractivity contribution in [2.24, 2.45) is 0 Å². The first kappa shape index (κ1) is 15.4. The van der Waals surface area contributed by atoms with Crippen LogP contribution in [0, 0.1) is 0 Å². The van der Waals surface area contributed by atoms with E-state index in [0.29, 0.717) is 6.61 Å². The molecular formula is C16H22O3. The van der Waals surface area contributed by atoms with Crippen LogP contribution in [0.25, 0.3) is 0 Å². The van der Waals surface area contributed by atoms with Gasteiger partial charge in [-0.25, -0.2) is 4.79 Å². The van der Waals surface area contributed by atoms with Gasteiger partial charge < -0.3 is 9.47 Å². The molecule has 0 spiro atoms. The largest absolute Gasteiger partial charge is 0.458 e. The molecule has 0 N–H and O–H groups in total. The Morgan fingerprint density at radius 3 is 2.53 bits per heavy atom. The Bertz CT molecular complexity index is 396. The van der Waals surface area contributed by atoms with Crippen LogP contribution in [0.15, 0.2) is 42.5 Å². The molecule has 0 fully saturated rings. The molecule has 0 amide bonds. The zero-order valence-electron chi connectivity index (χ0n) is 11.8. The molecule has 0 radical (unpaired) electrons. The fourth-order valence-electron chi connectivity index (χ4n) is 1.59. The number of esters is 1. The predicted octanol–water partition coefficient (Wildman–Crippen LogP) is 3.49. The zero-order chi connectivity index (χ0) is 14.1. The molecule has 1 atom stereocenters. The van der Waals surface area contributed by atoms with E-state index in [1.165, 1.54) is 6.08 Å². The van der Waals surface area contributed by atoms with E-state index in [4.69, 9.17) is 9.47 Å². The number of hydrogen-bond acceptors (Lipinski definition) is 3. The van der Waals surface area contributed by atoms with Gasteiger partial charge in [-0.2, -0.15) is 0 Å². The first-order valence-electron chi connectivity index (χ1n) is 6.66. The van der Waals surface area contributed by atoms with Gasteiger partial charge >= 0.3 is 5.97 Å². The van der Waals surface area contributed by atoms with Gasteiger partial charge in [-0.1, -0.05) is 37.3 Å². The van der Waals surface area contributed by atoms with E-state index in [0.717, 1.165) is 12.0 Å². The topological polar surface area (TPSA) is 35.5 Å². The molecule has 0 heterocycles. The van der Waals surface area contributed by atoms with Crippen molar-refractivity contribution in [2.75, 3.05) is 0 Å². The highest BCUT2D eigenvalue weighted by molar-refractivity contribution is 5.81. The van der Waals surface area contributed by atoms with Crippen molar-refractivity contribution in [3.8, 4) is 0 Å². The number of hydrogen-bond donors (Lipinski definition) is 0. The van der Waals surface area contributed by atoms with Crippen LogP contribution in [0.1, 0.15) is 32.8 Å². The zero-order valence-corrected chi connectivity index (χ0v) is 11.8. The summed E-state index contributed by atoms with van der Waals surface area (Å²) in [6.07, 6.45) is 4.15. The Labute approximate surface area is 115 Å². The van der Waals surface area contributed by atoms with Crippen LogP contribution in [-0.2, 0) is 20.9 Å². The van der Waals surface area contributed by atoms with Crippen molar-refractivity contribution in [1.29, 1.82) is 0 Å². The molecule has 19 heavy (non-hydrogen) atoms.